The van der Waals surface area contributed by atoms with Gasteiger partial charge in [0.05, 0.1) is 12.6 Å². The van der Waals surface area contributed by atoms with Gasteiger partial charge in [-0.3, -0.25) is 14.3 Å². The summed E-state index contributed by atoms with van der Waals surface area (Å²) in [6.07, 6.45) is 2.99. The molecule has 0 saturated carbocycles. The largest absolute Gasteiger partial charge is 0.344 e. The van der Waals surface area contributed by atoms with Gasteiger partial charge in [0.25, 0.3) is 11.8 Å². The number of nitrogens with zero attached hydrogens (tertiary/aromatic N) is 3. The quantitative estimate of drug-likeness (QED) is 0.674. The van der Waals surface area contributed by atoms with Gasteiger partial charge in [0, 0.05) is 24.2 Å². The Labute approximate surface area is 185 Å². The lowest BCUT2D eigenvalue weighted by atomic mass is 9.87. The number of aryl methyl sites for hydroxylation is 1. The van der Waals surface area contributed by atoms with Gasteiger partial charge in [0.15, 0.2) is 5.69 Å². The smallest absolute Gasteiger partial charge is 0.272 e. The van der Waals surface area contributed by atoms with E-state index in [1.165, 1.54) is 11.1 Å². The van der Waals surface area contributed by atoms with Crippen LogP contribution in [0.25, 0.3) is 0 Å². The van der Waals surface area contributed by atoms with Gasteiger partial charge < -0.3 is 10.2 Å². The van der Waals surface area contributed by atoms with Crippen LogP contribution in [0.1, 0.15) is 56.6 Å². The fourth-order valence-corrected chi connectivity index (χ4v) is 4.70. The molecule has 2 amide bonds. The van der Waals surface area contributed by atoms with E-state index in [0.29, 0.717) is 30.4 Å². The predicted octanol–water partition coefficient (Wildman–Crippen LogP) is 4.00. The lowest BCUT2D eigenvalue weighted by Crippen LogP contribution is -2.39. The molecule has 1 aliphatic carbocycles. The summed E-state index contributed by atoms with van der Waals surface area (Å²) in [6, 6.07) is 17.3. The summed E-state index contributed by atoms with van der Waals surface area (Å²) in [7, 11) is 0. The first-order chi connectivity index (χ1) is 15.1. The normalized spacial score (nSPS) is 17.8. The molecule has 2 aromatic carbocycles. The van der Waals surface area contributed by atoms with Crippen molar-refractivity contribution in [3.63, 3.8) is 0 Å². The van der Waals surface area contributed by atoms with Gasteiger partial charge in [0.2, 0.25) is 0 Å². The van der Waals surface area contributed by atoms with Gasteiger partial charge in [-0.15, -0.1) is 0 Å². The number of rotatable bonds is 4. The molecule has 1 atom stereocenters. The molecule has 5 rings (SSSR count). The highest BCUT2D eigenvalue weighted by atomic mass is 35.5. The van der Waals surface area contributed by atoms with E-state index in [4.69, 9.17) is 11.6 Å². The van der Waals surface area contributed by atoms with Crippen LogP contribution in [-0.2, 0) is 19.5 Å². The molecule has 6 nitrogen and oxygen atoms in total. The molecule has 3 aromatic rings. The van der Waals surface area contributed by atoms with E-state index in [1.807, 2.05) is 36.4 Å². The third-order valence-corrected chi connectivity index (χ3v) is 6.27. The number of halogens is 1. The molecular weight excluding hydrogens is 412 g/mol. The fourth-order valence-electron chi connectivity index (χ4n) is 4.49. The summed E-state index contributed by atoms with van der Waals surface area (Å²) in [4.78, 5) is 27.7. The molecule has 0 radical (unpaired) electrons. The molecule has 31 heavy (non-hydrogen) atoms. The molecule has 7 heteroatoms. The second-order valence-electron chi connectivity index (χ2n) is 8.11. The third kappa shape index (κ3) is 3.95. The molecule has 1 aliphatic heterocycles. The average Bonchev–Trinajstić information content (AvgIpc) is 3.22. The summed E-state index contributed by atoms with van der Waals surface area (Å²) in [6.45, 7) is 1.57. The highest BCUT2D eigenvalue weighted by Gasteiger charge is 2.29. The number of carbonyl (C=O) groups is 2. The van der Waals surface area contributed by atoms with Crippen LogP contribution < -0.4 is 5.32 Å². The summed E-state index contributed by atoms with van der Waals surface area (Å²) in [5.74, 6) is -0.362. The maximum atomic E-state index is 13.0. The Hall–Kier alpha value is -3.12. The van der Waals surface area contributed by atoms with Crippen LogP contribution in [-0.4, -0.2) is 33.0 Å². The number of nitrogens with one attached hydrogen (secondary N) is 1. The van der Waals surface area contributed by atoms with Gasteiger partial charge in [0.1, 0.15) is 5.69 Å². The van der Waals surface area contributed by atoms with E-state index in [-0.39, 0.29) is 23.6 Å². The van der Waals surface area contributed by atoms with Crippen molar-refractivity contribution in [1.29, 1.82) is 0 Å². The van der Waals surface area contributed by atoms with Crippen LogP contribution in [0.3, 0.4) is 0 Å². The minimum Gasteiger partial charge on any atom is -0.344 e. The van der Waals surface area contributed by atoms with E-state index in [0.717, 1.165) is 24.8 Å². The molecule has 0 spiro atoms. The zero-order chi connectivity index (χ0) is 21.4. The predicted molar refractivity (Wildman–Crippen MR) is 118 cm³/mol. The topological polar surface area (TPSA) is 67.2 Å². The van der Waals surface area contributed by atoms with Gasteiger partial charge in [-0.2, -0.15) is 5.10 Å². The van der Waals surface area contributed by atoms with E-state index >= 15 is 0 Å². The van der Waals surface area contributed by atoms with Crippen molar-refractivity contribution >= 4 is 23.4 Å². The van der Waals surface area contributed by atoms with Crippen LogP contribution in [0.4, 0.5) is 0 Å². The average molecular weight is 435 g/mol. The molecule has 0 unspecified atom stereocenters. The Morgan fingerprint density at radius 2 is 2.00 bits per heavy atom. The van der Waals surface area contributed by atoms with E-state index < -0.39 is 0 Å². The van der Waals surface area contributed by atoms with Crippen molar-refractivity contribution < 1.29 is 9.59 Å². The van der Waals surface area contributed by atoms with E-state index in [9.17, 15) is 9.59 Å². The maximum absolute atomic E-state index is 13.0. The third-order valence-electron chi connectivity index (χ3n) is 6.04. The van der Waals surface area contributed by atoms with Crippen LogP contribution in [0.2, 0.25) is 5.02 Å². The number of benzene rings is 2. The number of amides is 2. The first-order valence-corrected chi connectivity index (χ1v) is 11.0. The maximum Gasteiger partial charge on any atom is 0.272 e. The van der Waals surface area contributed by atoms with Crippen molar-refractivity contribution in [2.75, 3.05) is 6.54 Å². The second kappa shape index (κ2) is 8.19. The lowest BCUT2D eigenvalue weighted by Gasteiger charge is -2.27. The first kappa shape index (κ1) is 19.8. The lowest BCUT2D eigenvalue weighted by molar-refractivity contribution is 0.0683. The summed E-state index contributed by atoms with van der Waals surface area (Å²) < 4.78 is 1.64. The van der Waals surface area contributed by atoms with Gasteiger partial charge in [-0.05, 0) is 48.1 Å². The molecule has 1 N–H and O–H groups in total. The number of hydrogen-bond donors (Lipinski definition) is 1. The molecule has 158 valence electrons. The molecule has 0 saturated heterocycles. The van der Waals surface area contributed by atoms with Crippen LogP contribution in [0.5, 0.6) is 0 Å². The Balaban J connectivity index is 1.31. The second-order valence-corrected chi connectivity index (χ2v) is 8.55. The summed E-state index contributed by atoms with van der Waals surface area (Å²) in [5, 5.41) is 8.18. The molecular formula is C24H23ClN4O2. The van der Waals surface area contributed by atoms with Crippen molar-refractivity contribution in [2.24, 2.45) is 0 Å². The van der Waals surface area contributed by atoms with Crippen molar-refractivity contribution in [3.8, 4) is 0 Å². The molecule has 1 aromatic heterocycles. The number of carbonyl (C=O) groups excluding carboxylic acids is 2. The summed E-state index contributed by atoms with van der Waals surface area (Å²) >= 11 is 6.07. The van der Waals surface area contributed by atoms with Crippen molar-refractivity contribution in [3.05, 3.63) is 87.7 Å². The number of aromatic nitrogens is 2. The molecule has 2 heterocycles. The van der Waals surface area contributed by atoms with Gasteiger partial charge >= 0.3 is 0 Å². The first-order valence-electron chi connectivity index (χ1n) is 10.6. The summed E-state index contributed by atoms with van der Waals surface area (Å²) in [5.41, 5.74) is 4.17. The van der Waals surface area contributed by atoms with E-state index in [2.05, 4.69) is 22.5 Å². The number of hydrogen-bond acceptors (Lipinski definition) is 3. The standard InChI is InChI=1S/C24H23ClN4O2/c25-18-8-3-5-16(13-18)15-28-11-12-29-22(24(28)31)14-21(27-29)23(30)26-20-10-4-7-17-6-1-2-9-19(17)20/h1-3,5-6,8-9,13-14,20H,4,7,10-12,15H2,(H,26,30)/t20-/m1/s1. The highest BCUT2D eigenvalue weighted by Crippen LogP contribution is 2.29. The zero-order valence-electron chi connectivity index (χ0n) is 17.1. The van der Waals surface area contributed by atoms with Crippen LogP contribution in [0.15, 0.2) is 54.6 Å². The molecule has 0 bridgehead atoms. The zero-order valence-corrected chi connectivity index (χ0v) is 17.8. The van der Waals surface area contributed by atoms with Gasteiger partial charge in [-0.25, -0.2) is 0 Å². The minimum atomic E-state index is -0.238. The SMILES string of the molecule is O=C(N[C@@H]1CCCc2ccccc21)c1cc2n(n1)CCN(Cc1cccc(Cl)c1)C2=O. The monoisotopic (exact) mass is 434 g/mol. The minimum absolute atomic E-state index is 0.0220. The number of fused-ring (bicyclic) bond motifs is 2. The van der Waals surface area contributed by atoms with E-state index in [1.54, 1.807) is 15.6 Å². The Bertz CT molecular complexity index is 1160. The molecule has 0 fully saturated rings. The van der Waals surface area contributed by atoms with Crippen LogP contribution >= 0.6 is 11.6 Å². The Morgan fingerprint density at radius 1 is 1.13 bits per heavy atom. The highest BCUT2D eigenvalue weighted by molar-refractivity contribution is 6.30. The van der Waals surface area contributed by atoms with Crippen molar-refractivity contribution in [1.82, 2.24) is 20.0 Å². The van der Waals surface area contributed by atoms with Crippen molar-refractivity contribution in [2.45, 2.75) is 38.4 Å². The fraction of sp³-hybridized carbons (Fsp3) is 0.292. The Kier molecular flexibility index (Phi) is 5.24. The Morgan fingerprint density at radius 3 is 2.87 bits per heavy atom. The van der Waals surface area contributed by atoms with Gasteiger partial charge in [-0.1, -0.05) is 48.0 Å². The van der Waals surface area contributed by atoms with Crippen LogP contribution in [0, 0.1) is 0 Å². The molecule has 2 aliphatic rings.